The number of aliphatic carboxylic acids is 1. The number of nitrogens with zero attached hydrogens (tertiary/aromatic N) is 3. The van der Waals surface area contributed by atoms with Crippen LogP contribution in [0.5, 0.6) is 0 Å². The zero-order chi connectivity index (χ0) is 13.1. The van der Waals surface area contributed by atoms with Crippen LogP contribution in [-0.2, 0) is 17.9 Å². The number of carbonyl (C=O) groups excluding carboxylic acids is 1. The van der Waals surface area contributed by atoms with Crippen LogP contribution >= 0.6 is 0 Å². The molecule has 98 valence electrons. The lowest BCUT2D eigenvalue weighted by Gasteiger charge is -2.28. The molecule has 0 fully saturated rings. The van der Waals surface area contributed by atoms with Crippen molar-refractivity contribution >= 4 is 12.0 Å². The van der Waals surface area contributed by atoms with Crippen molar-refractivity contribution in [3.05, 3.63) is 18.2 Å². The molecule has 0 saturated heterocycles. The maximum atomic E-state index is 11.9. The van der Waals surface area contributed by atoms with Gasteiger partial charge in [-0.05, 0) is 6.42 Å². The Morgan fingerprint density at radius 2 is 2.33 bits per heavy atom. The molecule has 2 N–H and O–H groups in total. The maximum absolute atomic E-state index is 11.9. The van der Waals surface area contributed by atoms with Gasteiger partial charge in [-0.25, -0.2) is 14.6 Å². The molecule has 1 atom stereocenters. The second-order valence-corrected chi connectivity index (χ2v) is 4.21. The molecule has 1 aromatic rings. The summed E-state index contributed by atoms with van der Waals surface area (Å²) in [5.74, 6) is -0.191. The normalized spacial score (nSPS) is 15.9. The molecule has 7 heteroatoms. The van der Waals surface area contributed by atoms with E-state index in [0.717, 1.165) is 5.82 Å². The van der Waals surface area contributed by atoms with Gasteiger partial charge < -0.3 is 19.9 Å². The molecule has 1 aliphatic heterocycles. The minimum absolute atomic E-state index is 0.349. The Hall–Kier alpha value is -2.05. The Kier molecular flexibility index (Phi) is 3.50. The molecule has 0 aromatic carbocycles. The molecule has 0 aliphatic carbocycles. The van der Waals surface area contributed by atoms with Crippen LogP contribution in [0.4, 0.5) is 4.79 Å². The number of carboxylic acids is 1. The average Bonchev–Trinajstić information content (AvgIpc) is 2.82. The van der Waals surface area contributed by atoms with E-state index in [1.54, 1.807) is 18.0 Å². The maximum Gasteiger partial charge on any atom is 0.326 e. The topological polar surface area (TPSA) is 87.5 Å². The minimum Gasteiger partial charge on any atom is -0.480 e. The van der Waals surface area contributed by atoms with E-state index in [4.69, 9.17) is 5.11 Å². The second-order valence-electron chi connectivity index (χ2n) is 4.21. The summed E-state index contributed by atoms with van der Waals surface area (Å²) >= 11 is 0. The number of aromatic nitrogens is 2. The van der Waals surface area contributed by atoms with Gasteiger partial charge in [-0.1, -0.05) is 6.92 Å². The van der Waals surface area contributed by atoms with Crippen LogP contribution in [0.3, 0.4) is 0 Å². The molecule has 7 nitrogen and oxygen atoms in total. The highest BCUT2D eigenvalue weighted by Gasteiger charge is 2.24. The summed E-state index contributed by atoms with van der Waals surface area (Å²) in [6.07, 6.45) is 3.93. The quantitative estimate of drug-likeness (QED) is 0.808. The van der Waals surface area contributed by atoms with Gasteiger partial charge >= 0.3 is 12.0 Å². The fourth-order valence-corrected chi connectivity index (χ4v) is 1.93. The first-order chi connectivity index (χ1) is 8.61. The molecule has 0 saturated carbocycles. The summed E-state index contributed by atoms with van der Waals surface area (Å²) in [6, 6.07) is -1.18. The number of hydrogen-bond acceptors (Lipinski definition) is 3. The van der Waals surface area contributed by atoms with Crippen molar-refractivity contribution < 1.29 is 14.7 Å². The van der Waals surface area contributed by atoms with Crippen LogP contribution in [0.25, 0.3) is 0 Å². The monoisotopic (exact) mass is 252 g/mol. The van der Waals surface area contributed by atoms with Gasteiger partial charge in [-0.15, -0.1) is 0 Å². The molecule has 2 rings (SSSR count). The Labute approximate surface area is 104 Å². The van der Waals surface area contributed by atoms with E-state index in [9.17, 15) is 9.59 Å². The number of urea groups is 1. The Morgan fingerprint density at radius 1 is 1.56 bits per heavy atom. The summed E-state index contributed by atoms with van der Waals surface area (Å²) in [7, 11) is 0. The molecule has 1 aromatic heterocycles. The molecule has 0 bridgehead atoms. The Balaban J connectivity index is 1.97. The molecule has 0 unspecified atom stereocenters. The third-order valence-corrected chi connectivity index (χ3v) is 3.04. The fourth-order valence-electron chi connectivity index (χ4n) is 1.93. The van der Waals surface area contributed by atoms with Crippen LogP contribution in [-0.4, -0.2) is 44.1 Å². The minimum atomic E-state index is -1.01. The van der Waals surface area contributed by atoms with E-state index in [1.165, 1.54) is 0 Å². The van der Waals surface area contributed by atoms with Gasteiger partial charge in [0.15, 0.2) is 0 Å². The summed E-state index contributed by atoms with van der Waals surface area (Å²) in [5.41, 5.74) is 0. The zero-order valence-electron chi connectivity index (χ0n) is 10.2. The molecule has 1 aliphatic rings. The van der Waals surface area contributed by atoms with Gasteiger partial charge in [-0.3, -0.25) is 0 Å². The van der Waals surface area contributed by atoms with Gasteiger partial charge in [0.05, 0.1) is 6.54 Å². The standard InChI is InChI=1S/C11H16N4O3/c1-2-8(10(16)17)13-11(18)15-6-5-14-4-3-12-9(14)7-15/h3-4,8H,2,5-7H2,1H3,(H,13,18)(H,16,17)/t8-/m1/s1. The Bertz CT molecular complexity index is 457. The van der Waals surface area contributed by atoms with Gasteiger partial charge in [0.2, 0.25) is 0 Å². The molecule has 0 spiro atoms. The summed E-state index contributed by atoms with van der Waals surface area (Å²) in [5, 5.41) is 11.4. The van der Waals surface area contributed by atoms with Crippen LogP contribution in [0.2, 0.25) is 0 Å². The SMILES string of the molecule is CC[C@@H](NC(=O)N1CCn2ccnc2C1)C(=O)O. The smallest absolute Gasteiger partial charge is 0.326 e. The summed E-state index contributed by atoms with van der Waals surface area (Å²) in [4.78, 5) is 28.5. The highest BCUT2D eigenvalue weighted by molar-refractivity contribution is 5.82. The molecule has 18 heavy (non-hydrogen) atoms. The lowest BCUT2D eigenvalue weighted by Crippen LogP contribution is -2.49. The number of imidazole rings is 1. The van der Waals surface area contributed by atoms with Gasteiger partial charge in [0.25, 0.3) is 0 Å². The Morgan fingerprint density at radius 3 is 3.00 bits per heavy atom. The number of carbonyl (C=O) groups is 2. The van der Waals surface area contributed by atoms with Crippen molar-refractivity contribution in [3.63, 3.8) is 0 Å². The van der Waals surface area contributed by atoms with E-state index < -0.39 is 12.0 Å². The fraction of sp³-hybridized carbons (Fsp3) is 0.545. The van der Waals surface area contributed by atoms with E-state index in [2.05, 4.69) is 10.3 Å². The first-order valence-corrected chi connectivity index (χ1v) is 5.90. The van der Waals surface area contributed by atoms with Crippen molar-refractivity contribution in [1.29, 1.82) is 0 Å². The molecular weight excluding hydrogens is 236 g/mol. The molecule has 2 amide bonds. The number of carboxylic acid groups (broad SMARTS) is 1. The van der Waals surface area contributed by atoms with E-state index in [0.29, 0.717) is 26.1 Å². The largest absolute Gasteiger partial charge is 0.480 e. The highest BCUT2D eigenvalue weighted by atomic mass is 16.4. The van der Waals surface area contributed by atoms with Crippen molar-refractivity contribution in [2.24, 2.45) is 0 Å². The van der Waals surface area contributed by atoms with Crippen molar-refractivity contribution in [1.82, 2.24) is 19.8 Å². The van der Waals surface area contributed by atoms with Crippen LogP contribution < -0.4 is 5.32 Å². The number of fused-ring (bicyclic) bond motifs is 1. The third-order valence-electron chi connectivity index (χ3n) is 3.04. The first kappa shape index (κ1) is 12.4. The third kappa shape index (κ3) is 2.44. The van der Waals surface area contributed by atoms with Gasteiger partial charge in [-0.2, -0.15) is 0 Å². The van der Waals surface area contributed by atoms with Crippen LogP contribution in [0.15, 0.2) is 12.4 Å². The highest BCUT2D eigenvalue weighted by Crippen LogP contribution is 2.10. The van der Waals surface area contributed by atoms with E-state index in [1.807, 2.05) is 10.8 Å². The van der Waals surface area contributed by atoms with E-state index in [-0.39, 0.29) is 6.03 Å². The van der Waals surface area contributed by atoms with E-state index >= 15 is 0 Å². The number of rotatable bonds is 3. The molecule has 2 heterocycles. The van der Waals surface area contributed by atoms with Crippen LogP contribution in [0, 0.1) is 0 Å². The predicted molar refractivity (Wildman–Crippen MR) is 62.9 cm³/mol. The van der Waals surface area contributed by atoms with Crippen LogP contribution in [0.1, 0.15) is 19.2 Å². The number of amides is 2. The van der Waals surface area contributed by atoms with Crippen molar-refractivity contribution in [2.75, 3.05) is 6.54 Å². The second kappa shape index (κ2) is 5.07. The van der Waals surface area contributed by atoms with Crippen molar-refractivity contribution in [3.8, 4) is 0 Å². The molecule has 0 radical (unpaired) electrons. The van der Waals surface area contributed by atoms with Gasteiger partial charge in [0, 0.05) is 25.5 Å². The first-order valence-electron chi connectivity index (χ1n) is 5.90. The number of hydrogen-bond donors (Lipinski definition) is 2. The average molecular weight is 252 g/mol. The zero-order valence-corrected chi connectivity index (χ0v) is 10.2. The summed E-state index contributed by atoms with van der Waals surface area (Å²) < 4.78 is 1.98. The number of nitrogens with one attached hydrogen (secondary N) is 1. The predicted octanol–water partition coefficient (Wildman–Crippen LogP) is 0.271. The molecular formula is C11H16N4O3. The summed E-state index contributed by atoms with van der Waals surface area (Å²) in [6.45, 7) is 3.38. The van der Waals surface area contributed by atoms with Crippen molar-refractivity contribution in [2.45, 2.75) is 32.5 Å². The lowest BCUT2D eigenvalue weighted by molar-refractivity contribution is -0.139. The lowest BCUT2D eigenvalue weighted by atomic mass is 10.2. The van der Waals surface area contributed by atoms with Gasteiger partial charge in [0.1, 0.15) is 11.9 Å².